The van der Waals surface area contributed by atoms with E-state index in [0.29, 0.717) is 0 Å². The molecule has 0 aliphatic carbocycles. The van der Waals surface area contributed by atoms with Crippen LogP contribution < -0.4 is 5.73 Å². The van der Waals surface area contributed by atoms with Crippen LogP contribution in [0, 0.1) is 0 Å². The molecule has 0 bridgehead atoms. The van der Waals surface area contributed by atoms with Gasteiger partial charge in [-0.05, 0) is 22.8 Å². The number of hydrogen-bond donors (Lipinski definition) is 1. The molecule has 0 aliphatic heterocycles. The Hall–Kier alpha value is -2.61. The van der Waals surface area contributed by atoms with Gasteiger partial charge in [-0.25, -0.2) is 0 Å². The molecule has 2 heteroatoms. The van der Waals surface area contributed by atoms with Crippen molar-refractivity contribution in [1.82, 2.24) is 4.98 Å². The van der Waals surface area contributed by atoms with Gasteiger partial charge < -0.3 is 5.73 Å². The van der Waals surface area contributed by atoms with E-state index in [1.165, 1.54) is 11.1 Å². The largest absolute Gasteiger partial charge is 0.398 e. The van der Waals surface area contributed by atoms with Gasteiger partial charge in [-0.2, -0.15) is 0 Å². The molecule has 1 heterocycles. The van der Waals surface area contributed by atoms with Crippen molar-refractivity contribution in [2.75, 3.05) is 5.73 Å². The molecule has 2 nitrogen and oxygen atoms in total. The second kappa shape index (κ2) is 4.94. The predicted octanol–water partition coefficient (Wildman–Crippen LogP) is 4.00. The van der Waals surface area contributed by atoms with E-state index < -0.39 is 0 Å². The number of benzene rings is 2. The molecule has 3 aromatic rings. The van der Waals surface area contributed by atoms with Crippen LogP contribution >= 0.6 is 0 Å². The van der Waals surface area contributed by atoms with Gasteiger partial charge in [0.15, 0.2) is 0 Å². The molecule has 0 saturated carbocycles. The first-order valence-electron chi connectivity index (χ1n) is 6.20. The van der Waals surface area contributed by atoms with E-state index in [1.807, 2.05) is 24.3 Å². The fourth-order valence-corrected chi connectivity index (χ4v) is 2.12. The van der Waals surface area contributed by atoms with Crippen molar-refractivity contribution in [1.29, 1.82) is 0 Å². The molecular weight excluding hydrogens is 232 g/mol. The van der Waals surface area contributed by atoms with Gasteiger partial charge in [-0.1, -0.05) is 54.6 Å². The highest BCUT2D eigenvalue weighted by Crippen LogP contribution is 2.27. The second-order valence-electron chi connectivity index (χ2n) is 4.41. The van der Waals surface area contributed by atoms with Crippen LogP contribution in [0.25, 0.3) is 22.3 Å². The van der Waals surface area contributed by atoms with E-state index in [2.05, 4.69) is 41.4 Å². The first kappa shape index (κ1) is 11.5. The minimum Gasteiger partial charge on any atom is -0.398 e. The van der Waals surface area contributed by atoms with E-state index >= 15 is 0 Å². The maximum absolute atomic E-state index is 5.96. The minimum atomic E-state index is 0.752. The lowest BCUT2D eigenvalue weighted by molar-refractivity contribution is 1.33. The number of aromatic nitrogens is 1. The highest BCUT2D eigenvalue weighted by atomic mass is 14.7. The Morgan fingerprint density at radius 1 is 0.684 bits per heavy atom. The molecule has 0 aliphatic rings. The summed E-state index contributed by atoms with van der Waals surface area (Å²) in [6.45, 7) is 0. The lowest BCUT2D eigenvalue weighted by atomic mass is 10.0. The smallest absolute Gasteiger partial charge is 0.0424 e. The quantitative estimate of drug-likeness (QED) is 0.742. The van der Waals surface area contributed by atoms with Gasteiger partial charge in [0.05, 0.1) is 0 Å². The summed E-state index contributed by atoms with van der Waals surface area (Å²) in [4.78, 5) is 4.12. The van der Waals surface area contributed by atoms with Gasteiger partial charge in [-0.3, -0.25) is 4.98 Å². The summed E-state index contributed by atoms with van der Waals surface area (Å²) in [6, 6.07) is 20.5. The van der Waals surface area contributed by atoms with Gasteiger partial charge in [0.25, 0.3) is 0 Å². The zero-order valence-electron chi connectivity index (χ0n) is 10.5. The highest BCUT2D eigenvalue weighted by Gasteiger charge is 2.03. The summed E-state index contributed by atoms with van der Waals surface area (Å²) in [5.74, 6) is 0. The van der Waals surface area contributed by atoms with Crippen molar-refractivity contribution in [3.63, 3.8) is 0 Å². The molecule has 0 saturated heterocycles. The monoisotopic (exact) mass is 246 g/mol. The van der Waals surface area contributed by atoms with E-state index in [9.17, 15) is 0 Å². The van der Waals surface area contributed by atoms with Crippen molar-refractivity contribution in [2.24, 2.45) is 0 Å². The summed E-state index contributed by atoms with van der Waals surface area (Å²) < 4.78 is 0. The lowest BCUT2D eigenvalue weighted by Crippen LogP contribution is -1.90. The Labute approximate surface area is 112 Å². The summed E-state index contributed by atoms with van der Waals surface area (Å²) >= 11 is 0. The molecular formula is C17H14N2. The summed E-state index contributed by atoms with van der Waals surface area (Å²) in [5.41, 5.74) is 11.2. The zero-order chi connectivity index (χ0) is 13.1. The fraction of sp³-hybridized carbons (Fsp3) is 0. The molecule has 1 aromatic heterocycles. The number of pyridine rings is 1. The predicted molar refractivity (Wildman–Crippen MR) is 79.5 cm³/mol. The van der Waals surface area contributed by atoms with E-state index in [4.69, 9.17) is 5.73 Å². The molecule has 0 atom stereocenters. The molecule has 0 radical (unpaired) electrons. The number of nitrogens with zero attached hydrogens (tertiary/aromatic N) is 1. The van der Waals surface area contributed by atoms with Crippen molar-refractivity contribution >= 4 is 5.69 Å². The zero-order valence-corrected chi connectivity index (χ0v) is 10.5. The summed E-state index contributed by atoms with van der Waals surface area (Å²) in [7, 11) is 0. The van der Waals surface area contributed by atoms with Crippen molar-refractivity contribution in [3.8, 4) is 22.3 Å². The maximum Gasteiger partial charge on any atom is 0.0424 e. The van der Waals surface area contributed by atoms with Gasteiger partial charge in [0.2, 0.25) is 0 Å². The SMILES string of the molecule is Nc1ccncc1-c1ccc(-c2ccccc2)cc1. The third-order valence-electron chi connectivity index (χ3n) is 3.16. The Bertz CT molecular complexity index is 673. The molecule has 0 fully saturated rings. The van der Waals surface area contributed by atoms with Crippen LogP contribution in [-0.2, 0) is 0 Å². The Morgan fingerprint density at radius 3 is 2.00 bits per heavy atom. The normalized spacial score (nSPS) is 10.3. The van der Waals surface area contributed by atoms with Crippen molar-refractivity contribution in [3.05, 3.63) is 73.1 Å². The molecule has 2 aromatic carbocycles. The van der Waals surface area contributed by atoms with Crippen LogP contribution in [0.5, 0.6) is 0 Å². The first-order valence-corrected chi connectivity index (χ1v) is 6.20. The van der Waals surface area contributed by atoms with E-state index in [0.717, 1.165) is 16.8 Å². The average Bonchev–Trinajstić information content (AvgIpc) is 2.49. The lowest BCUT2D eigenvalue weighted by Gasteiger charge is -2.06. The van der Waals surface area contributed by atoms with Gasteiger partial charge in [0.1, 0.15) is 0 Å². The average molecular weight is 246 g/mol. The van der Waals surface area contributed by atoms with Crippen LogP contribution in [0.15, 0.2) is 73.1 Å². The number of hydrogen-bond acceptors (Lipinski definition) is 2. The van der Waals surface area contributed by atoms with Crippen LogP contribution in [0.3, 0.4) is 0 Å². The molecule has 19 heavy (non-hydrogen) atoms. The number of nitrogen functional groups attached to an aromatic ring is 1. The minimum absolute atomic E-state index is 0.752. The maximum atomic E-state index is 5.96. The van der Waals surface area contributed by atoms with Crippen LogP contribution in [0.1, 0.15) is 0 Å². The molecule has 92 valence electrons. The first-order chi connectivity index (χ1) is 9.34. The topological polar surface area (TPSA) is 38.9 Å². The second-order valence-corrected chi connectivity index (χ2v) is 4.41. The molecule has 0 spiro atoms. The van der Waals surface area contributed by atoms with Crippen LogP contribution in [-0.4, -0.2) is 4.98 Å². The van der Waals surface area contributed by atoms with Crippen molar-refractivity contribution < 1.29 is 0 Å². The number of nitrogens with two attached hydrogens (primary N) is 1. The standard InChI is InChI=1S/C17H14N2/c18-17-10-11-19-12-16(17)15-8-6-14(7-9-15)13-4-2-1-3-5-13/h1-12H,(H2,18,19). The third kappa shape index (κ3) is 2.33. The van der Waals surface area contributed by atoms with Crippen molar-refractivity contribution in [2.45, 2.75) is 0 Å². The Morgan fingerprint density at radius 2 is 1.32 bits per heavy atom. The molecule has 2 N–H and O–H groups in total. The third-order valence-corrected chi connectivity index (χ3v) is 3.16. The fourth-order valence-electron chi connectivity index (χ4n) is 2.12. The highest BCUT2D eigenvalue weighted by molar-refractivity contribution is 5.77. The number of anilines is 1. The molecule has 0 amide bonds. The van der Waals surface area contributed by atoms with Gasteiger partial charge in [-0.15, -0.1) is 0 Å². The molecule has 0 unspecified atom stereocenters. The summed E-state index contributed by atoms with van der Waals surface area (Å²) in [6.07, 6.45) is 3.50. The van der Waals surface area contributed by atoms with E-state index in [-0.39, 0.29) is 0 Å². The van der Waals surface area contributed by atoms with Gasteiger partial charge >= 0.3 is 0 Å². The number of rotatable bonds is 2. The Balaban J connectivity index is 1.98. The summed E-state index contributed by atoms with van der Waals surface area (Å²) in [5, 5.41) is 0. The Kier molecular flexibility index (Phi) is 2.99. The van der Waals surface area contributed by atoms with E-state index in [1.54, 1.807) is 12.4 Å². The van der Waals surface area contributed by atoms with Crippen LogP contribution in [0.2, 0.25) is 0 Å². The van der Waals surface area contributed by atoms with Crippen LogP contribution in [0.4, 0.5) is 5.69 Å². The van der Waals surface area contributed by atoms with Gasteiger partial charge in [0, 0.05) is 23.6 Å². The molecule has 3 rings (SSSR count).